The van der Waals surface area contributed by atoms with Gasteiger partial charge in [-0.15, -0.1) is 0 Å². The van der Waals surface area contributed by atoms with Crippen LogP contribution < -0.4 is 5.32 Å². The second kappa shape index (κ2) is 11.1. The zero-order valence-corrected chi connectivity index (χ0v) is 19.2. The van der Waals surface area contributed by atoms with Gasteiger partial charge in [0.2, 0.25) is 11.8 Å². The number of nitrogens with zero attached hydrogens (tertiary/aromatic N) is 1. The lowest BCUT2D eigenvalue weighted by Gasteiger charge is -2.33. The van der Waals surface area contributed by atoms with Gasteiger partial charge < -0.3 is 10.2 Å². The van der Waals surface area contributed by atoms with Gasteiger partial charge in [-0.3, -0.25) is 9.59 Å². The first-order valence-electron chi connectivity index (χ1n) is 11.7. The van der Waals surface area contributed by atoms with Crippen molar-refractivity contribution in [2.75, 3.05) is 0 Å². The molecule has 166 valence electrons. The van der Waals surface area contributed by atoms with Gasteiger partial charge in [0.25, 0.3) is 0 Å². The van der Waals surface area contributed by atoms with Crippen molar-refractivity contribution in [2.45, 2.75) is 84.3 Å². The first-order chi connectivity index (χ1) is 15.0. The molecule has 1 fully saturated rings. The molecule has 0 unspecified atom stereocenters. The van der Waals surface area contributed by atoms with Crippen LogP contribution in [-0.4, -0.2) is 28.8 Å². The number of carbonyl (C=O) groups is 2. The van der Waals surface area contributed by atoms with Crippen LogP contribution in [0.3, 0.4) is 0 Å². The summed E-state index contributed by atoms with van der Waals surface area (Å²) in [5.74, 6) is -0.0196. The fourth-order valence-corrected chi connectivity index (χ4v) is 4.34. The van der Waals surface area contributed by atoms with Gasteiger partial charge >= 0.3 is 0 Å². The molecule has 0 saturated heterocycles. The van der Waals surface area contributed by atoms with Crippen molar-refractivity contribution in [3.63, 3.8) is 0 Å². The van der Waals surface area contributed by atoms with Crippen LogP contribution in [0.25, 0.3) is 0 Å². The summed E-state index contributed by atoms with van der Waals surface area (Å²) in [5, 5.41) is 3.24. The van der Waals surface area contributed by atoms with Crippen LogP contribution in [0, 0.1) is 13.8 Å². The van der Waals surface area contributed by atoms with Crippen LogP contribution in [0.5, 0.6) is 0 Å². The van der Waals surface area contributed by atoms with Gasteiger partial charge in [0.05, 0.1) is 6.42 Å². The molecule has 0 aromatic heterocycles. The maximum absolute atomic E-state index is 13.4. The molecule has 1 aliphatic rings. The van der Waals surface area contributed by atoms with Gasteiger partial charge in [0.1, 0.15) is 6.04 Å². The number of nitrogens with one attached hydrogen (secondary N) is 1. The van der Waals surface area contributed by atoms with E-state index in [1.807, 2.05) is 50.2 Å². The summed E-state index contributed by atoms with van der Waals surface area (Å²) in [6, 6.07) is 16.0. The molecule has 2 amide bonds. The van der Waals surface area contributed by atoms with E-state index in [0.717, 1.165) is 24.0 Å². The van der Waals surface area contributed by atoms with E-state index in [0.29, 0.717) is 19.4 Å². The summed E-state index contributed by atoms with van der Waals surface area (Å²) in [6.45, 7) is 6.53. The maximum Gasteiger partial charge on any atom is 0.243 e. The van der Waals surface area contributed by atoms with Crippen LogP contribution >= 0.6 is 0 Å². The van der Waals surface area contributed by atoms with E-state index in [-0.39, 0.29) is 17.9 Å². The molecule has 0 bridgehead atoms. The number of rotatable bonds is 8. The molecule has 0 spiro atoms. The van der Waals surface area contributed by atoms with Crippen LogP contribution in [0.1, 0.15) is 67.7 Å². The molecule has 4 nitrogen and oxygen atoms in total. The molecule has 0 heterocycles. The predicted molar refractivity (Wildman–Crippen MR) is 126 cm³/mol. The van der Waals surface area contributed by atoms with Crippen LogP contribution in [-0.2, 0) is 22.6 Å². The molecule has 2 aromatic rings. The molecule has 0 radical (unpaired) electrons. The Morgan fingerprint density at radius 2 is 1.45 bits per heavy atom. The number of hydrogen-bond donors (Lipinski definition) is 1. The van der Waals surface area contributed by atoms with Crippen molar-refractivity contribution in [3.05, 3.63) is 70.8 Å². The van der Waals surface area contributed by atoms with Gasteiger partial charge in [-0.05, 0) is 44.2 Å². The Balaban J connectivity index is 1.79. The van der Waals surface area contributed by atoms with Crippen LogP contribution in [0.15, 0.2) is 48.5 Å². The molecular formula is C27H36N2O2. The van der Waals surface area contributed by atoms with Crippen molar-refractivity contribution in [3.8, 4) is 0 Å². The fraction of sp³-hybridized carbons (Fsp3) is 0.481. The second-order valence-electron chi connectivity index (χ2n) is 8.94. The summed E-state index contributed by atoms with van der Waals surface area (Å²) in [6.07, 6.45) is 6.57. The average molecular weight is 421 g/mol. The summed E-state index contributed by atoms with van der Waals surface area (Å²) >= 11 is 0. The summed E-state index contributed by atoms with van der Waals surface area (Å²) in [5.41, 5.74) is 4.38. The monoisotopic (exact) mass is 420 g/mol. The van der Waals surface area contributed by atoms with Gasteiger partial charge in [-0.25, -0.2) is 0 Å². The minimum absolute atomic E-state index is 0.00456. The Bertz CT molecular complexity index is 852. The Morgan fingerprint density at radius 1 is 0.903 bits per heavy atom. The highest BCUT2D eigenvalue weighted by Gasteiger charge is 2.30. The minimum Gasteiger partial charge on any atom is -0.352 e. The Hall–Kier alpha value is -2.62. The summed E-state index contributed by atoms with van der Waals surface area (Å²) < 4.78 is 0. The van der Waals surface area contributed by atoms with Gasteiger partial charge in [-0.1, -0.05) is 85.8 Å². The first-order valence-corrected chi connectivity index (χ1v) is 11.7. The first kappa shape index (κ1) is 23.1. The van der Waals surface area contributed by atoms with Gasteiger partial charge in [-0.2, -0.15) is 0 Å². The zero-order chi connectivity index (χ0) is 22.2. The molecule has 0 aliphatic heterocycles. The predicted octanol–water partition coefficient (Wildman–Crippen LogP) is 5.10. The van der Waals surface area contributed by atoms with Crippen molar-refractivity contribution in [2.24, 2.45) is 0 Å². The average Bonchev–Trinajstić information content (AvgIpc) is 2.77. The highest BCUT2D eigenvalue weighted by atomic mass is 16.2. The second-order valence-corrected chi connectivity index (χ2v) is 8.94. The number of hydrogen-bond acceptors (Lipinski definition) is 2. The fourth-order valence-electron chi connectivity index (χ4n) is 4.34. The molecular weight excluding hydrogens is 384 g/mol. The lowest BCUT2D eigenvalue weighted by Crippen LogP contribution is -2.51. The normalized spacial score (nSPS) is 15.3. The molecule has 1 saturated carbocycles. The Labute approximate surface area is 187 Å². The molecule has 1 aliphatic carbocycles. The van der Waals surface area contributed by atoms with E-state index < -0.39 is 6.04 Å². The summed E-state index contributed by atoms with van der Waals surface area (Å²) in [4.78, 5) is 28.4. The maximum atomic E-state index is 13.4. The molecule has 2 aromatic carbocycles. The third kappa shape index (κ3) is 6.68. The number of aryl methyl sites for hydroxylation is 2. The van der Waals surface area contributed by atoms with E-state index in [1.54, 1.807) is 4.90 Å². The van der Waals surface area contributed by atoms with E-state index in [2.05, 4.69) is 24.4 Å². The molecule has 1 N–H and O–H groups in total. The van der Waals surface area contributed by atoms with E-state index in [4.69, 9.17) is 0 Å². The van der Waals surface area contributed by atoms with E-state index >= 15 is 0 Å². The van der Waals surface area contributed by atoms with Crippen molar-refractivity contribution < 1.29 is 9.59 Å². The highest BCUT2D eigenvalue weighted by molar-refractivity contribution is 5.88. The van der Waals surface area contributed by atoms with Crippen LogP contribution in [0.4, 0.5) is 0 Å². The quantitative estimate of drug-likeness (QED) is 0.646. The SMILES string of the molecule is CC[C@H](C(=O)NC1CCCCC1)N(Cc1ccc(C)cc1)C(=O)Cc1ccc(C)cc1. The van der Waals surface area contributed by atoms with Gasteiger partial charge in [0.15, 0.2) is 0 Å². The van der Waals surface area contributed by atoms with Crippen molar-refractivity contribution in [1.82, 2.24) is 10.2 Å². The number of benzene rings is 2. The largest absolute Gasteiger partial charge is 0.352 e. The molecule has 3 rings (SSSR count). The minimum atomic E-state index is -0.457. The van der Waals surface area contributed by atoms with E-state index in [1.165, 1.54) is 30.4 Å². The van der Waals surface area contributed by atoms with Crippen molar-refractivity contribution in [1.29, 1.82) is 0 Å². The van der Waals surface area contributed by atoms with Crippen LogP contribution in [0.2, 0.25) is 0 Å². The number of carbonyl (C=O) groups excluding carboxylic acids is 2. The zero-order valence-electron chi connectivity index (χ0n) is 19.2. The molecule has 1 atom stereocenters. The number of amides is 2. The lowest BCUT2D eigenvalue weighted by molar-refractivity contribution is -0.141. The molecule has 31 heavy (non-hydrogen) atoms. The smallest absolute Gasteiger partial charge is 0.243 e. The van der Waals surface area contributed by atoms with E-state index in [9.17, 15) is 9.59 Å². The van der Waals surface area contributed by atoms with Gasteiger partial charge in [0, 0.05) is 12.6 Å². The lowest BCUT2D eigenvalue weighted by atomic mass is 9.95. The third-order valence-electron chi connectivity index (χ3n) is 6.29. The summed E-state index contributed by atoms with van der Waals surface area (Å²) in [7, 11) is 0. The third-order valence-corrected chi connectivity index (χ3v) is 6.29. The standard InChI is InChI=1S/C27H36N2O2/c1-4-25(27(31)28-24-8-6-5-7-9-24)29(19-23-16-12-21(3)13-17-23)26(30)18-22-14-10-20(2)11-15-22/h10-17,24-25H,4-9,18-19H2,1-3H3,(H,28,31)/t25-/m1/s1. The van der Waals surface area contributed by atoms with Crippen molar-refractivity contribution >= 4 is 11.8 Å². The molecule has 4 heteroatoms. The Morgan fingerprint density at radius 3 is 2.00 bits per heavy atom. The highest BCUT2D eigenvalue weighted by Crippen LogP contribution is 2.20. The topological polar surface area (TPSA) is 49.4 Å². The Kier molecular flexibility index (Phi) is 8.27.